The van der Waals surface area contributed by atoms with E-state index >= 15 is 0 Å². The third-order valence-corrected chi connectivity index (χ3v) is 3.46. The van der Waals surface area contributed by atoms with Crippen LogP contribution in [-0.4, -0.2) is 0 Å². The SMILES string of the molecule is CCCCCC(Nc1cccc(F)c1)c1ccccc1. The Balaban J connectivity index is 2.10. The monoisotopic (exact) mass is 271 g/mol. The molecule has 2 aromatic carbocycles. The zero-order valence-corrected chi connectivity index (χ0v) is 12.0. The van der Waals surface area contributed by atoms with Gasteiger partial charge in [-0.05, 0) is 30.2 Å². The maximum absolute atomic E-state index is 13.3. The minimum absolute atomic E-state index is 0.199. The molecular formula is C18H22FN. The van der Waals surface area contributed by atoms with E-state index in [-0.39, 0.29) is 11.9 Å². The second kappa shape index (κ2) is 7.68. The van der Waals surface area contributed by atoms with Crippen LogP contribution < -0.4 is 5.32 Å². The first-order chi connectivity index (χ1) is 9.79. The molecule has 0 saturated carbocycles. The van der Waals surface area contributed by atoms with Crippen molar-refractivity contribution in [2.45, 2.75) is 38.6 Å². The van der Waals surface area contributed by atoms with Crippen LogP contribution in [0.2, 0.25) is 0 Å². The molecule has 0 amide bonds. The molecule has 0 saturated heterocycles. The average Bonchev–Trinajstić information content (AvgIpc) is 2.47. The van der Waals surface area contributed by atoms with Crippen molar-refractivity contribution < 1.29 is 4.39 Å². The average molecular weight is 271 g/mol. The summed E-state index contributed by atoms with van der Waals surface area (Å²) in [5.74, 6) is -0.199. The highest BCUT2D eigenvalue weighted by molar-refractivity contribution is 5.45. The van der Waals surface area contributed by atoms with Crippen molar-refractivity contribution in [3.05, 3.63) is 66.0 Å². The van der Waals surface area contributed by atoms with E-state index in [4.69, 9.17) is 0 Å². The Morgan fingerprint density at radius 3 is 2.50 bits per heavy atom. The molecule has 0 heterocycles. The van der Waals surface area contributed by atoms with Crippen LogP contribution in [0.4, 0.5) is 10.1 Å². The minimum atomic E-state index is -0.199. The van der Waals surface area contributed by atoms with E-state index in [9.17, 15) is 4.39 Å². The molecule has 1 unspecified atom stereocenters. The molecule has 0 aliphatic carbocycles. The molecule has 1 N–H and O–H groups in total. The van der Waals surface area contributed by atoms with Crippen LogP contribution in [0.15, 0.2) is 54.6 Å². The number of hydrogen-bond donors (Lipinski definition) is 1. The van der Waals surface area contributed by atoms with Gasteiger partial charge in [0.05, 0.1) is 6.04 Å². The van der Waals surface area contributed by atoms with E-state index < -0.39 is 0 Å². The summed E-state index contributed by atoms with van der Waals surface area (Å²) >= 11 is 0. The van der Waals surface area contributed by atoms with Gasteiger partial charge in [-0.1, -0.05) is 62.6 Å². The number of nitrogens with one attached hydrogen (secondary N) is 1. The van der Waals surface area contributed by atoms with Gasteiger partial charge in [0, 0.05) is 5.69 Å². The van der Waals surface area contributed by atoms with Crippen molar-refractivity contribution in [1.82, 2.24) is 0 Å². The molecule has 0 aromatic heterocycles. The molecular weight excluding hydrogens is 249 g/mol. The zero-order chi connectivity index (χ0) is 14.2. The van der Waals surface area contributed by atoms with E-state index in [0.29, 0.717) is 0 Å². The molecule has 20 heavy (non-hydrogen) atoms. The van der Waals surface area contributed by atoms with Crippen LogP contribution >= 0.6 is 0 Å². The fraction of sp³-hybridized carbons (Fsp3) is 0.333. The van der Waals surface area contributed by atoms with Crippen molar-refractivity contribution in [1.29, 1.82) is 0 Å². The molecule has 1 atom stereocenters. The van der Waals surface area contributed by atoms with Crippen LogP contribution in [0, 0.1) is 5.82 Å². The Bertz CT molecular complexity index is 510. The summed E-state index contributed by atoms with van der Waals surface area (Å²) < 4.78 is 13.3. The Morgan fingerprint density at radius 1 is 1.00 bits per heavy atom. The third-order valence-electron chi connectivity index (χ3n) is 3.46. The third kappa shape index (κ3) is 4.37. The van der Waals surface area contributed by atoms with Crippen molar-refractivity contribution in [2.75, 3.05) is 5.32 Å². The Kier molecular flexibility index (Phi) is 5.60. The molecule has 1 nitrogen and oxygen atoms in total. The van der Waals surface area contributed by atoms with Crippen LogP contribution in [0.5, 0.6) is 0 Å². The smallest absolute Gasteiger partial charge is 0.125 e. The normalized spacial score (nSPS) is 12.1. The maximum Gasteiger partial charge on any atom is 0.125 e. The molecule has 0 bridgehead atoms. The molecule has 106 valence electrons. The second-order valence-electron chi connectivity index (χ2n) is 5.11. The van der Waals surface area contributed by atoms with Gasteiger partial charge in [-0.15, -0.1) is 0 Å². The predicted molar refractivity (Wildman–Crippen MR) is 83.3 cm³/mol. The molecule has 2 rings (SSSR count). The van der Waals surface area contributed by atoms with Crippen molar-refractivity contribution in [2.24, 2.45) is 0 Å². The molecule has 0 fully saturated rings. The van der Waals surface area contributed by atoms with Crippen LogP contribution in [-0.2, 0) is 0 Å². The van der Waals surface area contributed by atoms with Gasteiger partial charge >= 0.3 is 0 Å². The molecule has 0 aliphatic heterocycles. The lowest BCUT2D eigenvalue weighted by molar-refractivity contribution is 0.603. The standard InChI is InChI=1S/C18H22FN/c1-2-3-5-13-18(15-9-6-4-7-10-15)20-17-12-8-11-16(19)14-17/h4,6-12,14,18,20H,2-3,5,13H2,1H3. The van der Waals surface area contributed by atoms with Crippen LogP contribution in [0.3, 0.4) is 0 Å². The molecule has 0 spiro atoms. The first kappa shape index (κ1) is 14.6. The van der Waals surface area contributed by atoms with Crippen molar-refractivity contribution in [3.63, 3.8) is 0 Å². The molecule has 2 aromatic rings. The van der Waals surface area contributed by atoms with E-state index in [0.717, 1.165) is 12.1 Å². The van der Waals surface area contributed by atoms with Gasteiger partial charge in [0.1, 0.15) is 5.82 Å². The Morgan fingerprint density at radius 2 is 1.80 bits per heavy atom. The first-order valence-corrected chi connectivity index (χ1v) is 7.36. The van der Waals surface area contributed by atoms with Gasteiger partial charge in [0.15, 0.2) is 0 Å². The summed E-state index contributed by atoms with van der Waals surface area (Å²) in [5, 5.41) is 3.46. The number of benzene rings is 2. The van der Waals surface area contributed by atoms with E-state index in [1.807, 2.05) is 12.1 Å². The molecule has 0 radical (unpaired) electrons. The summed E-state index contributed by atoms with van der Waals surface area (Å²) in [5.41, 5.74) is 2.10. The fourth-order valence-corrected chi connectivity index (χ4v) is 2.39. The quantitative estimate of drug-likeness (QED) is 0.650. The number of halogens is 1. The highest BCUT2D eigenvalue weighted by Gasteiger charge is 2.10. The highest BCUT2D eigenvalue weighted by atomic mass is 19.1. The van der Waals surface area contributed by atoms with E-state index in [2.05, 4.69) is 36.5 Å². The number of unbranched alkanes of at least 4 members (excludes halogenated alkanes) is 2. The van der Waals surface area contributed by atoms with E-state index in [1.165, 1.54) is 30.9 Å². The summed E-state index contributed by atoms with van der Waals surface area (Å²) in [7, 11) is 0. The number of rotatable bonds is 7. The zero-order valence-electron chi connectivity index (χ0n) is 12.0. The van der Waals surface area contributed by atoms with Crippen LogP contribution in [0.1, 0.15) is 44.2 Å². The largest absolute Gasteiger partial charge is 0.378 e. The Labute approximate surface area is 120 Å². The highest BCUT2D eigenvalue weighted by Crippen LogP contribution is 2.25. The van der Waals surface area contributed by atoms with Crippen molar-refractivity contribution in [3.8, 4) is 0 Å². The maximum atomic E-state index is 13.3. The summed E-state index contributed by atoms with van der Waals surface area (Å²) in [6, 6.07) is 17.3. The van der Waals surface area contributed by atoms with Gasteiger partial charge in [0.2, 0.25) is 0 Å². The number of hydrogen-bond acceptors (Lipinski definition) is 1. The van der Waals surface area contributed by atoms with Gasteiger partial charge < -0.3 is 5.32 Å². The Hall–Kier alpha value is -1.83. The summed E-state index contributed by atoms with van der Waals surface area (Å²) in [4.78, 5) is 0. The summed E-state index contributed by atoms with van der Waals surface area (Å²) in [6.45, 7) is 2.21. The topological polar surface area (TPSA) is 12.0 Å². The predicted octanol–water partition coefficient (Wildman–Crippen LogP) is 5.56. The minimum Gasteiger partial charge on any atom is -0.378 e. The first-order valence-electron chi connectivity index (χ1n) is 7.36. The van der Waals surface area contributed by atoms with Gasteiger partial charge in [0.25, 0.3) is 0 Å². The summed E-state index contributed by atoms with van der Waals surface area (Å²) in [6.07, 6.45) is 4.68. The lowest BCUT2D eigenvalue weighted by atomic mass is 10.00. The second-order valence-corrected chi connectivity index (χ2v) is 5.11. The van der Waals surface area contributed by atoms with Crippen molar-refractivity contribution >= 4 is 5.69 Å². The van der Waals surface area contributed by atoms with Gasteiger partial charge in [-0.2, -0.15) is 0 Å². The van der Waals surface area contributed by atoms with Crippen LogP contribution in [0.25, 0.3) is 0 Å². The van der Waals surface area contributed by atoms with Gasteiger partial charge in [-0.25, -0.2) is 4.39 Å². The lowest BCUT2D eigenvalue weighted by Gasteiger charge is -2.20. The lowest BCUT2D eigenvalue weighted by Crippen LogP contribution is -2.11. The number of anilines is 1. The molecule has 0 aliphatic rings. The molecule has 2 heteroatoms. The van der Waals surface area contributed by atoms with Gasteiger partial charge in [-0.3, -0.25) is 0 Å². The fourth-order valence-electron chi connectivity index (χ4n) is 2.39. The van der Waals surface area contributed by atoms with E-state index in [1.54, 1.807) is 12.1 Å².